The molecule has 0 atom stereocenters. The van der Waals surface area contributed by atoms with Gasteiger partial charge in [0, 0.05) is 31.9 Å². The summed E-state index contributed by atoms with van der Waals surface area (Å²) in [5, 5.41) is 16.4. The topological polar surface area (TPSA) is 77.2 Å². The number of benzene rings is 2. The third-order valence-corrected chi connectivity index (χ3v) is 5.43. The van der Waals surface area contributed by atoms with Crippen molar-refractivity contribution in [3.63, 3.8) is 0 Å². The van der Waals surface area contributed by atoms with Gasteiger partial charge in [0.25, 0.3) is 0 Å². The molecule has 0 aliphatic carbocycles. The molecule has 1 aliphatic rings. The maximum Gasteiger partial charge on any atom is 0.416 e. The first-order valence-corrected chi connectivity index (χ1v) is 10.3. The van der Waals surface area contributed by atoms with Gasteiger partial charge in [-0.3, -0.25) is 9.69 Å². The fourth-order valence-corrected chi connectivity index (χ4v) is 3.73. The summed E-state index contributed by atoms with van der Waals surface area (Å²) in [5.74, 6) is 0.00741. The summed E-state index contributed by atoms with van der Waals surface area (Å²) in [6, 6.07) is 16.5. The van der Waals surface area contributed by atoms with Crippen LogP contribution in [0, 0.1) is 11.3 Å². The van der Waals surface area contributed by atoms with Crippen LogP contribution in [-0.4, -0.2) is 53.3 Å². The first-order valence-electron chi connectivity index (χ1n) is 10.3. The van der Waals surface area contributed by atoms with Crippen molar-refractivity contribution in [1.29, 1.82) is 5.26 Å². The van der Waals surface area contributed by atoms with E-state index in [9.17, 15) is 23.2 Å². The lowest BCUT2D eigenvalue weighted by Gasteiger charge is -2.36. The Balaban J connectivity index is 1.37. The molecule has 170 valence electrons. The van der Waals surface area contributed by atoms with E-state index in [-0.39, 0.29) is 18.0 Å². The number of hydrogen-bond acceptors (Lipinski definition) is 5. The summed E-state index contributed by atoms with van der Waals surface area (Å²) in [4.78, 5) is 16.5. The molecule has 7 nitrogen and oxygen atoms in total. The first-order chi connectivity index (χ1) is 15.8. The summed E-state index contributed by atoms with van der Waals surface area (Å²) >= 11 is 0. The van der Waals surface area contributed by atoms with Crippen molar-refractivity contribution < 1.29 is 18.0 Å². The predicted octanol–water partition coefficient (Wildman–Crippen LogP) is 3.52. The van der Waals surface area contributed by atoms with Crippen molar-refractivity contribution in [2.24, 2.45) is 0 Å². The second-order valence-corrected chi connectivity index (χ2v) is 7.63. The van der Waals surface area contributed by atoms with Crippen LogP contribution in [0.1, 0.15) is 11.1 Å². The van der Waals surface area contributed by atoms with Gasteiger partial charge in [-0.25, -0.2) is 4.68 Å². The number of amides is 1. The van der Waals surface area contributed by atoms with Crippen molar-refractivity contribution >= 4 is 17.4 Å². The van der Waals surface area contributed by atoms with Gasteiger partial charge in [0.2, 0.25) is 5.91 Å². The number of piperazine rings is 1. The Morgan fingerprint density at radius 1 is 1.03 bits per heavy atom. The lowest BCUT2D eigenvalue weighted by molar-refractivity contribution is -0.137. The molecule has 1 N–H and O–H groups in total. The monoisotopic (exact) mass is 454 g/mol. The molecule has 0 radical (unpaired) electrons. The maximum absolute atomic E-state index is 13.0. The minimum atomic E-state index is -4.38. The minimum absolute atomic E-state index is 0.0985. The van der Waals surface area contributed by atoms with E-state index in [1.165, 1.54) is 16.9 Å². The first kappa shape index (κ1) is 22.4. The number of para-hydroxylation sites is 1. The van der Waals surface area contributed by atoms with Crippen LogP contribution in [0.5, 0.6) is 0 Å². The Kier molecular flexibility index (Phi) is 6.33. The molecular formula is C23H21F3N6O. The second kappa shape index (κ2) is 9.34. The minimum Gasteiger partial charge on any atom is -0.369 e. The number of alkyl halides is 3. The van der Waals surface area contributed by atoms with Gasteiger partial charge in [0.1, 0.15) is 11.6 Å². The Hall–Kier alpha value is -3.84. The van der Waals surface area contributed by atoms with Crippen LogP contribution in [0.3, 0.4) is 0 Å². The number of hydrogen-bond donors (Lipinski definition) is 1. The normalized spacial score (nSPS) is 14.7. The number of nitrogens with zero attached hydrogens (tertiary/aromatic N) is 5. The average Bonchev–Trinajstić information content (AvgIpc) is 3.22. The average molecular weight is 454 g/mol. The van der Waals surface area contributed by atoms with E-state index < -0.39 is 11.7 Å². The van der Waals surface area contributed by atoms with Gasteiger partial charge in [-0.05, 0) is 30.3 Å². The van der Waals surface area contributed by atoms with Gasteiger partial charge in [-0.2, -0.15) is 23.5 Å². The standard InChI is InChI=1S/C23H21F3N6O/c24-23(25,26)18-5-4-8-20(13-18)31-11-9-30(10-12-31)16-21(33)29-22-17(14-27)15-28-32(22)19-6-2-1-3-7-19/h1-8,13,15H,9-12,16H2,(H,29,33). The maximum atomic E-state index is 13.0. The van der Waals surface area contributed by atoms with Crippen molar-refractivity contribution in [3.05, 3.63) is 71.9 Å². The van der Waals surface area contributed by atoms with Gasteiger partial charge in [-0.15, -0.1) is 0 Å². The zero-order valence-electron chi connectivity index (χ0n) is 17.6. The van der Waals surface area contributed by atoms with E-state index in [0.717, 1.165) is 12.1 Å². The van der Waals surface area contributed by atoms with Crippen molar-refractivity contribution in [2.75, 3.05) is 42.9 Å². The highest BCUT2D eigenvalue weighted by molar-refractivity contribution is 5.93. The fraction of sp³-hybridized carbons (Fsp3) is 0.261. The lowest BCUT2D eigenvalue weighted by Crippen LogP contribution is -2.48. The molecule has 10 heteroatoms. The number of carbonyl (C=O) groups is 1. The molecule has 1 saturated heterocycles. The third kappa shape index (κ3) is 5.15. The second-order valence-electron chi connectivity index (χ2n) is 7.63. The number of anilines is 2. The van der Waals surface area contributed by atoms with E-state index in [4.69, 9.17) is 0 Å². The Labute approximate surface area is 188 Å². The Bertz CT molecular complexity index is 1160. The lowest BCUT2D eigenvalue weighted by atomic mass is 10.1. The number of rotatable bonds is 5. The van der Waals surface area contributed by atoms with Crippen LogP contribution in [-0.2, 0) is 11.0 Å². The van der Waals surface area contributed by atoms with E-state index in [0.29, 0.717) is 43.4 Å². The van der Waals surface area contributed by atoms with Crippen molar-refractivity contribution in [3.8, 4) is 11.8 Å². The van der Waals surface area contributed by atoms with Gasteiger partial charge >= 0.3 is 6.18 Å². The molecule has 0 spiro atoms. The highest BCUT2D eigenvalue weighted by atomic mass is 19.4. The summed E-state index contributed by atoms with van der Waals surface area (Å²) < 4.78 is 40.5. The van der Waals surface area contributed by atoms with E-state index >= 15 is 0 Å². The molecule has 0 bridgehead atoms. The SMILES string of the molecule is N#Cc1cnn(-c2ccccc2)c1NC(=O)CN1CCN(c2cccc(C(F)(F)F)c2)CC1. The van der Waals surface area contributed by atoms with Gasteiger partial charge in [-0.1, -0.05) is 24.3 Å². The smallest absolute Gasteiger partial charge is 0.369 e. The quantitative estimate of drug-likeness (QED) is 0.638. The van der Waals surface area contributed by atoms with Crippen LogP contribution in [0.25, 0.3) is 5.69 Å². The molecule has 4 rings (SSSR count). The zero-order chi connectivity index (χ0) is 23.4. The summed E-state index contributed by atoms with van der Waals surface area (Å²) in [5.41, 5.74) is 0.801. The zero-order valence-corrected chi connectivity index (χ0v) is 17.6. The molecule has 33 heavy (non-hydrogen) atoms. The molecule has 1 aliphatic heterocycles. The highest BCUT2D eigenvalue weighted by Crippen LogP contribution is 2.32. The predicted molar refractivity (Wildman–Crippen MR) is 117 cm³/mol. The van der Waals surface area contributed by atoms with Gasteiger partial charge in [0.05, 0.1) is 24.0 Å². The van der Waals surface area contributed by atoms with Crippen LogP contribution >= 0.6 is 0 Å². The van der Waals surface area contributed by atoms with Crippen LogP contribution in [0.2, 0.25) is 0 Å². The fourth-order valence-electron chi connectivity index (χ4n) is 3.73. The number of carbonyl (C=O) groups excluding carboxylic acids is 1. The summed E-state index contributed by atoms with van der Waals surface area (Å²) in [7, 11) is 0. The number of nitrogens with one attached hydrogen (secondary N) is 1. The van der Waals surface area contributed by atoms with Gasteiger partial charge in [0.15, 0.2) is 5.82 Å². The molecule has 2 heterocycles. The van der Waals surface area contributed by atoms with Crippen LogP contribution in [0.15, 0.2) is 60.8 Å². The molecule has 2 aromatic carbocycles. The van der Waals surface area contributed by atoms with E-state index in [1.54, 1.807) is 6.07 Å². The number of nitriles is 1. The third-order valence-electron chi connectivity index (χ3n) is 5.43. The van der Waals surface area contributed by atoms with Crippen LogP contribution < -0.4 is 10.2 Å². The largest absolute Gasteiger partial charge is 0.416 e. The molecular weight excluding hydrogens is 433 g/mol. The molecule has 3 aromatic rings. The number of aromatic nitrogens is 2. The van der Waals surface area contributed by atoms with Gasteiger partial charge < -0.3 is 10.2 Å². The molecule has 1 aromatic heterocycles. The van der Waals surface area contributed by atoms with Crippen LogP contribution in [0.4, 0.5) is 24.7 Å². The van der Waals surface area contributed by atoms with E-state index in [1.807, 2.05) is 46.2 Å². The molecule has 1 amide bonds. The highest BCUT2D eigenvalue weighted by Gasteiger charge is 2.31. The summed E-state index contributed by atoms with van der Waals surface area (Å²) in [6.45, 7) is 2.14. The number of halogens is 3. The van der Waals surface area contributed by atoms with Crippen molar-refractivity contribution in [2.45, 2.75) is 6.18 Å². The van der Waals surface area contributed by atoms with E-state index in [2.05, 4.69) is 10.4 Å². The Morgan fingerprint density at radius 2 is 1.73 bits per heavy atom. The molecule has 0 saturated carbocycles. The molecule has 1 fully saturated rings. The Morgan fingerprint density at radius 3 is 2.39 bits per heavy atom. The molecule has 0 unspecified atom stereocenters. The van der Waals surface area contributed by atoms with Crippen molar-refractivity contribution in [1.82, 2.24) is 14.7 Å². The summed E-state index contributed by atoms with van der Waals surface area (Å²) in [6.07, 6.45) is -2.99.